The van der Waals surface area contributed by atoms with E-state index in [0.717, 1.165) is 12.5 Å². The Kier molecular flexibility index (Phi) is 4.20. The predicted octanol–water partition coefficient (Wildman–Crippen LogP) is 2.05. The largest absolute Gasteiger partial charge is 0.383 e. The molecule has 78 valence electrons. The molecule has 2 nitrogen and oxygen atoms in total. The minimum atomic E-state index is 0.586. The third-order valence-corrected chi connectivity index (χ3v) is 3.01. The van der Waals surface area contributed by atoms with Gasteiger partial charge in [-0.05, 0) is 31.6 Å². The molecule has 0 amide bonds. The first-order valence-electron chi connectivity index (χ1n) is 5.40. The molecule has 1 saturated carbocycles. The second kappa shape index (κ2) is 4.97. The Morgan fingerprint density at radius 1 is 1.31 bits per heavy atom. The molecule has 0 saturated heterocycles. The van der Waals surface area contributed by atoms with Crippen LogP contribution in [0.4, 0.5) is 0 Å². The van der Waals surface area contributed by atoms with Gasteiger partial charge in [-0.2, -0.15) is 0 Å². The molecule has 2 unspecified atom stereocenters. The van der Waals surface area contributed by atoms with Crippen molar-refractivity contribution in [2.24, 2.45) is 11.8 Å². The van der Waals surface area contributed by atoms with E-state index < -0.39 is 0 Å². The van der Waals surface area contributed by atoms with Crippen molar-refractivity contribution in [1.82, 2.24) is 5.32 Å². The highest BCUT2D eigenvalue weighted by atomic mass is 16.5. The Balaban J connectivity index is 2.28. The Morgan fingerprint density at radius 3 is 2.31 bits per heavy atom. The Bertz CT molecular complexity index is 143. The van der Waals surface area contributed by atoms with Gasteiger partial charge in [0.15, 0.2) is 0 Å². The first kappa shape index (κ1) is 11.0. The summed E-state index contributed by atoms with van der Waals surface area (Å²) >= 11 is 0. The second-order valence-electron chi connectivity index (χ2n) is 4.60. The van der Waals surface area contributed by atoms with Crippen LogP contribution < -0.4 is 5.32 Å². The normalized spacial score (nSPS) is 21.9. The van der Waals surface area contributed by atoms with Crippen molar-refractivity contribution in [2.75, 3.05) is 13.7 Å². The van der Waals surface area contributed by atoms with E-state index >= 15 is 0 Å². The van der Waals surface area contributed by atoms with Crippen molar-refractivity contribution in [3.8, 4) is 0 Å². The van der Waals surface area contributed by atoms with E-state index in [1.165, 1.54) is 12.8 Å². The van der Waals surface area contributed by atoms with E-state index in [2.05, 4.69) is 26.1 Å². The van der Waals surface area contributed by atoms with E-state index in [1.54, 1.807) is 7.11 Å². The number of hydrogen-bond donors (Lipinski definition) is 1. The van der Waals surface area contributed by atoms with E-state index in [0.29, 0.717) is 18.0 Å². The highest BCUT2D eigenvalue weighted by Gasteiger charge is 2.31. The molecule has 1 rings (SSSR count). The number of hydrogen-bond acceptors (Lipinski definition) is 2. The molecule has 1 aliphatic carbocycles. The molecular weight excluding hydrogens is 162 g/mol. The minimum Gasteiger partial charge on any atom is -0.383 e. The fourth-order valence-corrected chi connectivity index (χ4v) is 1.53. The van der Waals surface area contributed by atoms with Gasteiger partial charge in [-0.1, -0.05) is 13.8 Å². The number of nitrogens with one attached hydrogen (secondary N) is 1. The van der Waals surface area contributed by atoms with Gasteiger partial charge in [0.25, 0.3) is 0 Å². The number of ether oxygens (including phenoxy) is 1. The second-order valence-corrected chi connectivity index (χ2v) is 4.60. The molecule has 0 aromatic rings. The third-order valence-electron chi connectivity index (χ3n) is 3.01. The van der Waals surface area contributed by atoms with Crippen molar-refractivity contribution in [2.45, 2.75) is 45.7 Å². The summed E-state index contributed by atoms with van der Waals surface area (Å²) in [6, 6.07) is 1.18. The maximum atomic E-state index is 5.22. The van der Waals surface area contributed by atoms with E-state index in [9.17, 15) is 0 Å². The summed E-state index contributed by atoms with van der Waals surface area (Å²) in [6.07, 6.45) is 2.76. The van der Waals surface area contributed by atoms with Gasteiger partial charge in [-0.15, -0.1) is 0 Å². The average molecular weight is 185 g/mol. The molecule has 0 spiro atoms. The van der Waals surface area contributed by atoms with Crippen molar-refractivity contribution >= 4 is 0 Å². The van der Waals surface area contributed by atoms with Gasteiger partial charge in [0.2, 0.25) is 0 Å². The van der Waals surface area contributed by atoms with Crippen LogP contribution in [0.25, 0.3) is 0 Å². The summed E-state index contributed by atoms with van der Waals surface area (Å²) < 4.78 is 5.22. The van der Waals surface area contributed by atoms with Crippen LogP contribution in [-0.4, -0.2) is 25.8 Å². The van der Waals surface area contributed by atoms with Gasteiger partial charge in [0, 0.05) is 19.2 Å². The molecular formula is C11H23NO. The Hall–Kier alpha value is -0.0800. The van der Waals surface area contributed by atoms with Gasteiger partial charge in [0.05, 0.1) is 6.61 Å². The minimum absolute atomic E-state index is 0.586. The van der Waals surface area contributed by atoms with Crippen LogP contribution in [0.2, 0.25) is 0 Å². The Labute approximate surface area is 82.0 Å². The van der Waals surface area contributed by atoms with E-state index in [1.807, 2.05) is 0 Å². The van der Waals surface area contributed by atoms with Crippen LogP contribution in [0.15, 0.2) is 0 Å². The third kappa shape index (κ3) is 3.65. The standard InChI is InChI=1S/C11H23NO/c1-8(2)9(3)12-11(7-13-4)10-5-6-10/h8-12H,5-7H2,1-4H3. The lowest BCUT2D eigenvalue weighted by atomic mass is 10.0. The quantitative estimate of drug-likeness (QED) is 0.684. The maximum Gasteiger partial charge on any atom is 0.0618 e. The molecule has 0 aromatic carbocycles. The van der Waals surface area contributed by atoms with Gasteiger partial charge in [-0.3, -0.25) is 0 Å². The topological polar surface area (TPSA) is 21.3 Å². The molecule has 1 fully saturated rings. The summed E-state index contributed by atoms with van der Waals surface area (Å²) in [5.41, 5.74) is 0. The average Bonchev–Trinajstić information content (AvgIpc) is 2.85. The fraction of sp³-hybridized carbons (Fsp3) is 1.00. The molecule has 2 atom stereocenters. The highest BCUT2D eigenvalue weighted by molar-refractivity contribution is 4.88. The van der Waals surface area contributed by atoms with Crippen LogP contribution in [0.3, 0.4) is 0 Å². The molecule has 0 bridgehead atoms. The van der Waals surface area contributed by atoms with Crippen LogP contribution in [0, 0.1) is 11.8 Å². The molecule has 0 aromatic heterocycles. The summed E-state index contributed by atoms with van der Waals surface area (Å²) in [5.74, 6) is 1.58. The first-order valence-corrected chi connectivity index (χ1v) is 5.40. The maximum absolute atomic E-state index is 5.22. The molecule has 0 radical (unpaired) electrons. The van der Waals surface area contributed by atoms with E-state index in [-0.39, 0.29) is 0 Å². The molecule has 0 aliphatic heterocycles. The van der Waals surface area contributed by atoms with Gasteiger partial charge >= 0.3 is 0 Å². The van der Waals surface area contributed by atoms with Crippen LogP contribution in [0.5, 0.6) is 0 Å². The highest BCUT2D eigenvalue weighted by Crippen LogP contribution is 2.33. The van der Waals surface area contributed by atoms with Gasteiger partial charge < -0.3 is 10.1 Å². The van der Waals surface area contributed by atoms with Gasteiger partial charge in [0.1, 0.15) is 0 Å². The van der Waals surface area contributed by atoms with Crippen LogP contribution >= 0.6 is 0 Å². The lowest BCUT2D eigenvalue weighted by Gasteiger charge is -2.25. The lowest BCUT2D eigenvalue weighted by Crippen LogP contribution is -2.43. The Morgan fingerprint density at radius 2 is 1.92 bits per heavy atom. The molecule has 1 N–H and O–H groups in total. The number of methoxy groups -OCH3 is 1. The SMILES string of the molecule is COCC(NC(C)C(C)C)C1CC1. The fourth-order valence-electron chi connectivity index (χ4n) is 1.53. The van der Waals surface area contributed by atoms with Crippen molar-refractivity contribution in [3.63, 3.8) is 0 Å². The summed E-state index contributed by atoms with van der Waals surface area (Å²) in [4.78, 5) is 0. The summed E-state index contributed by atoms with van der Waals surface area (Å²) in [5, 5.41) is 3.65. The zero-order valence-corrected chi connectivity index (χ0v) is 9.34. The lowest BCUT2D eigenvalue weighted by molar-refractivity contribution is 0.148. The molecule has 1 aliphatic rings. The first-order chi connectivity index (χ1) is 6.15. The molecule has 0 heterocycles. The van der Waals surface area contributed by atoms with Crippen molar-refractivity contribution in [3.05, 3.63) is 0 Å². The smallest absolute Gasteiger partial charge is 0.0618 e. The van der Waals surface area contributed by atoms with Crippen molar-refractivity contribution < 1.29 is 4.74 Å². The molecule has 13 heavy (non-hydrogen) atoms. The monoisotopic (exact) mass is 185 g/mol. The predicted molar refractivity (Wildman–Crippen MR) is 55.8 cm³/mol. The molecule has 2 heteroatoms. The summed E-state index contributed by atoms with van der Waals surface area (Å²) in [6.45, 7) is 7.64. The van der Waals surface area contributed by atoms with Crippen molar-refractivity contribution in [1.29, 1.82) is 0 Å². The van der Waals surface area contributed by atoms with Gasteiger partial charge in [-0.25, -0.2) is 0 Å². The van der Waals surface area contributed by atoms with E-state index in [4.69, 9.17) is 4.74 Å². The zero-order valence-electron chi connectivity index (χ0n) is 9.34. The number of rotatable bonds is 6. The zero-order chi connectivity index (χ0) is 9.84. The summed E-state index contributed by atoms with van der Waals surface area (Å²) in [7, 11) is 1.79. The van der Waals surface area contributed by atoms with Crippen LogP contribution in [0.1, 0.15) is 33.6 Å². The van der Waals surface area contributed by atoms with Crippen LogP contribution in [-0.2, 0) is 4.74 Å².